The van der Waals surface area contributed by atoms with Gasteiger partial charge in [0.25, 0.3) is 5.91 Å². The van der Waals surface area contributed by atoms with Gasteiger partial charge in [-0.3, -0.25) is 9.59 Å². The lowest BCUT2D eigenvalue weighted by atomic mass is 9.48. The van der Waals surface area contributed by atoms with E-state index < -0.39 is 17.0 Å². The van der Waals surface area contributed by atoms with E-state index in [9.17, 15) is 14.4 Å². The number of aromatic nitrogens is 2. The number of anilines is 1. The van der Waals surface area contributed by atoms with Crippen LogP contribution < -0.4 is 25.4 Å². The van der Waals surface area contributed by atoms with Crippen LogP contribution in [0, 0.1) is 23.7 Å². The summed E-state index contributed by atoms with van der Waals surface area (Å²) in [5.74, 6) is 1.47. The van der Waals surface area contributed by atoms with E-state index in [-0.39, 0.29) is 35.3 Å². The number of ether oxygens (including phenoxy) is 3. The van der Waals surface area contributed by atoms with E-state index in [1.165, 1.54) is 6.42 Å². The normalized spacial score (nSPS) is 22.5. The van der Waals surface area contributed by atoms with Crippen molar-refractivity contribution in [2.45, 2.75) is 103 Å². The number of rotatable bonds is 17. The Morgan fingerprint density at radius 3 is 2.14 bits per heavy atom. The van der Waals surface area contributed by atoms with Crippen molar-refractivity contribution in [1.29, 1.82) is 0 Å². The first-order valence-electron chi connectivity index (χ1n) is 20.8. The Balaban J connectivity index is 1.35. The topological polar surface area (TPSA) is 136 Å². The first kappa shape index (κ1) is 42.2. The molecule has 4 aliphatic carbocycles. The number of methoxy groups -OCH3 is 2. The summed E-state index contributed by atoms with van der Waals surface area (Å²) in [6, 6.07) is 13.1. The number of hydrogen-bond donors (Lipinski definition) is 3. The van der Waals surface area contributed by atoms with E-state index in [2.05, 4.69) is 41.7 Å². The van der Waals surface area contributed by atoms with E-state index in [1.807, 2.05) is 64.2 Å². The van der Waals surface area contributed by atoms with Crippen LogP contribution in [0.15, 0.2) is 42.5 Å². The number of carbonyl (C=O) groups excluding carboxylic acids is 3. The molecule has 4 aliphatic rings. The van der Waals surface area contributed by atoms with Gasteiger partial charge in [0.2, 0.25) is 5.91 Å². The van der Waals surface area contributed by atoms with Gasteiger partial charge in [0.15, 0.2) is 5.69 Å². The van der Waals surface area contributed by atoms with Crippen molar-refractivity contribution < 1.29 is 28.6 Å². The number of carbonyl (C=O) groups is 3. The fourth-order valence-corrected chi connectivity index (χ4v) is 9.75. The van der Waals surface area contributed by atoms with Crippen molar-refractivity contribution in [2.75, 3.05) is 53.3 Å². The average molecular weight is 785 g/mol. The molecule has 0 radical (unpaired) electrons. The molecule has 0 atom stereocenters. The van der Waals surface area contributed by atoms with E-state index in [4.69, 9.17) is 19.3 Å². The molecule has 4 fully saturated rings. The molecular formula is C45H64N6O6. The maximum Gasteiger partial charge on any atom is 0.332 e. The summed E-state index contributed by atoms with van der Waals surface area (Å²) in [6.07, 6.45) is 7.05. The van der Waals surface area contributed by atoms with E-state index >= 15 is 0 Å². The maximum atomic E-state index is 14.7. The number of nitrogens with one attached hydrogen (secondary N) is 3. The van der Waals surface area contributed by atoms with Crippen LogP contribution in [0.5, 0.6) is 11.5 Å². The molecule has 4 saturated carbocycles. The van der Waals surface area contributed by atoms with Crippen molar-refractivity contribution in [2.24, 2.45) is 23.7 Å². The highest BCUT2D eigenvalue weighted by Gasteiger charge is 2.63. The van der Waals surface area contributed by atoms with Crippen molar-refractivity contribution in [1.82, 2.24) is 25.3 Å². The van der Waals surface area contributed by atoms with Crippen LogP contribution in [-0.4, -0.2) is 91.6 Å². The van der Waals surface area contributed by atoms with Crippen molar-refractivity contribution >= 4 is 23.5 Å². The second kappa shape index (κ2) is 17.6. The van der Waals surface area contributed by atoms with Crippen LogP contribution >= 0.6 is 0 Å². The SMILES string of the molecule is CNCCCN(C)CCCC(=O)Nc1ccc(-n2nc(C(=O)NC3(C(=O)OC(C)(C)C)C4CC5CC(C4)CC3C5)cc2-c2c(OC)cccc2OC)c(C(C)C)c1. The summed E-state index contributed by atoms with van der Waals surface area (Å²) in [5, 5.41) is 14.6. The molecular weight excluding hydrogens is 721 g/mol. The first-order chi connectivity index (χ1) is 27.2. The molecule has 57 heavy (non-hydrogen) atoms. The lowest BCUT2D eigenvalue weighted by Gasteiger charge is -2.59. The molecule has 1 heterocycles. The highest BCUT2D eigenvalue weighted by atomic mass is 16.6. The van der Waals surface area contributed by atoms with Gasteiger partial charge in [0, 0.05) is 12.1 Å². The van der Waals surface area contributed by atoms with Gasteiger partial charge in [0.1, 0.15) is 22.6 Å². The molecule has 3 aromatic rings. The van der Waals surface area contributed by atoms with Crippen LogP contribution in [0.1, 0.15) is 108 Å². The van der Waals surface area contributed by atoms with Crippen LogP contribution in [0.2, 0.25) is 0 Å². The van der Waals surface area contributed by atoms with E-state index in [1.54, 1.807) is 25.0 Å². The summed E-state index contributed by atoms with van der Waals surface area (Å²) in [4.78, 5) is 44.4. The second-order valence-corrected chi connectivity index (χ2v) is 17.8. The number of benzene rings is 2. The minimum absolute atomic E-state index is 0.00275. The van der Waals surface area contributed by atoms with Crippen LogP contribution in [0.3, 0.4) is 0 Å². The predicted octanol–water partition coefficient (Wildman–Crippen LogP) is 7.21. The maximum absolute atomic E-state index is 14.7. The molecule has 0 unspecified atom stereocenters. The van der Waals surface area contributed by atoms with Gasteiger partial charge < -0.3 is 35.1 Å². The second-order valence-electron chi connectivity index (χ2n) is 17.8. The smallest absolute Gasteiger partial charge is 0.332 e. The van der Waals surface area contributed by atoms with E-state index in [0.717, 1.165) is 69.4 Å². The van der Waals surface area contributed by atoms with E-state index in [0.29, 0.717) is 46.7 Å². The Kier molecular flexibility index (Phi) is 13.0. The molecule has 12 nitrogen and oxygen atoms in total. The molecule has 0 aliphatic heterocycles. The van der Waals surface area contributed by atoms with Gasteiger partial charge in [-0.2, -0.15) is 5.10 Å². The van der Waals surface area contributed by atoms with Gasteiger partial charge in [-0.05, 0) is 171 Å². The molecule has 7 rings (SSSR count). The zero-order chi connectivity index (χ0) is 41.1. The number of amides is 2. The molecule has 2 amide bonds. The number of nitrogens with zero attached hydrogens (tertiary/aromatic N) is 3. The summed E-state index contributed by atoms with van der Waals surface area (Å²) < 4.78 is 19.6. The monoisotopic (exact) mass is 784 g/mol. The molecule has 1 aromatic heterocycles. The van der Waals surface area contributed by atoms with Crippen LogP contribution in [0.4, 0.5) is 5.69 Å². The Morgan fingerprint density at radius 1 is 0.930 bits per heavy atom. The minimum Gasteiger partial charge on any atom is -0.496 e. The van der Waals surface area contributed by atoms with Crippen LogP contribution in [0.25, 0.3) is 16.9 Å². The first-order valence-corrected chi connectivity index (χ1v) is 20.8. The highest BCUT2D eigenvalue weighted by molar-refractivity contribution is 5.99. The zero-order valence-electron chi connectivity index (χ0n) is 35.5. The largest absolute Gasteiger partial charge is 0.496 e. The van der Waals surface area contributed by atoms with Gasteiger partial charge in [-0.15, -0.1) is 0 Å². The predicted molar refractivity (Wildman–Crippen MR) is 223 cm³/mol. The summed E-state index contributed by atoms with van der Waals surface area (Å²) in [6.45, 7) is 12.6. The number of esters is 1. The lowest BCUT2D eigenvalue weighted by Crippen LogP contribution is -2.71. The molecule has 2 aromatic carbocycles. The van der Waals surface area contributed by atoms with Crippen LogP contribution in [-0.2, 0) is 14.3 Å². The molecule has 0 saturated heterocycles. The standard InChI is InChI=1S/C45H64N6O6/c1-28(2)34-26-33(47-40(52)15-11-19-50(7)20-12-18-46-6)16-17-36(34)51-37(41-38(55-8)13-10-14-39(41)56-9)27-35(49-51)42(53)48-45(43(54)57-44(3,4)5)31-22-29-21-30(24-31)25-32(45)23-29/h10,13-14,16-17,26-32,46H,11-12,15,18-25H2,1-9H3,(H,47,52)(H,48,53). The van der Waals surface area contributed by atoms with Gasteiger partial charge in [-0.1, -0.05) is 19.9 Å². The van der Waals surface area contributed by atoms with Gasteiger partial charge in [0.05, 0.1) is 31.2 Å². The fraction of sp³-hybridized carbons (Fsp3) is 0.600. The summed E-state index contributed by atoms with van der Waals surface area (Å²) in [7, 11) is 7.24. The highest BCUT2D eigenvalue weighted by Crippen LogP contribution is 2.59. The third kappa shape index (κ3) is 9.17. The molecule has 3 N–H and O–H groups in total. The van der Waals surface area contributed by atoms with Crippen molar-refractivity contribution in [3.8, 4) is 28.4 Å². The molecule has 310 valence electrons. The van der Waals surface area contributed by atoms with Crippen molar-refractivity contribution in [3.05, 3.63) is 53.7 Å². The Labute approximate surface area is 338 Å². The average Bonchev–Trinajstić information content (AvgIpc) is 3.60. The zero-order valence-corrected chi connectivity index (χ0v) is 35.5. The Bertz CT molecular complexity index is 1860. The summed E-state index contributed by atoms with van der Waals surface area (Å²) in [5.41, 5.74) is 1.90. The van der Waals surface area contributed by atoms with Gasteiger partial charge in [-0.25, -0.2) is 9.48 Å². The van der Waals surface area contributed by atoms with Crippen molar-refractivity contribution in [3.63, 3.8) is 0 Å². The third-order valence-electron chi connectivity index (χ3n) is 12.2. The fourth-order valence-electron chi connectivity index (χ4n) is 9.75. The Morgan fingerprint density at radius 2 is 1.56 bits per heavy atom. The molecule has 12 heteroatoms. The molecule has 0 spiro atoms. The lowest BCUT2D eigenvalue weighted by molar-refractivity contribution is -0.180. The summed E-state index contributed by atoms with van der Waals surface area (Å²) >= 11 is 0. The molecule has 4 bridgehead atoms. The Hall–Kier alpha value is -4.42. The third-order valence-corrected chi connectivity index (χ3v) is 12.2. The van der Waals surface area contributed by atoms with Gasteiger partial charge >= 0.3 is 5.97 Å². The quantitative estimate of drug-likeness (QED) is 0.0959. The number of hydrogen-bond acceptors (Lipinski definition) is 9. The minimum atomic E-state index is -1.13.